The van der Waals surface area contributed by atoms with Crippen LogP contribution in [0.25, 0.3) is 10.9 Å². The number of benzene rings is 1. The second kappa shape index (κ2) is 4.60. The van der Waals surface area contributed by atoms with E-state index in [2.05, 4.69) is 10.4 Å². The Morgan fingerprint density at radius 1 is 1.17 bits per heavy atom. The van der Waals surface area contributed by atoms with Crippen molar-refractivity contribution in [2.75, 3.05) is 0 Å². The smallest absolute Gasteiger partial charge is 0.0954 e. The van der Waals surface area contributed by atoms with Crippen LogP contribution in [0.3, 0.4) is 0 Å². The number of hydrazine groups is 1. The molecule has 0 aliphatic rings. The molecule has 0 amide bonds. The predicted octanol–water partition coefficient (Wildman–Crippen LogP) is 2.38. The van der Waals surface area contributed by atoms with E-state index in [1.165, 1.54) is 0 Å². The van der Waals surface area contributed by atoms with Crippen LogP contribution in [-0.2, 0) is 0 Å². The third kappa shape index (κ3) is 1.77. The molecule has 4 nitrogen and oxygen atoms in total. The molecule has 1 aromatic carbocycles. The Kier molecular flexibility index (Phi) is 2.80. The highest BCUT2D eigenvalue weighted by atomic mass is 16.3. The molecule has 3 aromatic rings. The van der Waals surface area contributed by atoms with E-state index in [0.29, 0.717) is 0 Å². The minimum absolute atomic E-state index is 0.100. The summed E-state index contributed by atoms with van der Waals surface area (Å²) in [5, 5.41) is 1.09. The fourth-order valence-electron chi connectivity index (χ4n) is 2.17. The van der Waals surface area contributed by atoms with Crippen molar-refractivity contribution < 1.29 is 4.42 Å². The zero-order valence-electron chi connectivity index (χ0n) is 9.71. The first-order chi connectivity index (χ1) is 8.90. The summed E-state index contributed by atoms with van der Waals surface area (Å²) in [7, 11) is 0. The molecule has 0 radical (unpaired) electrons. The van der Waals surface area contributed by atoms with Crippen molar-refractivity contribution in [1.82, 2.24) is 10.4 Å². The van der Waals surface area contributed by atoms with Gasteiger partial charge in [-0.2, -0.15) is 0 Å². The number of hydrogen-bond donors (Lipinski definition) is 2. The van der Waals surface area contributed by atoms with Gasteiger partial charge in [-0.15, -0.1) is 0 Å². The van der Waals surface area contributed by atoms with Gasteiger partial charge in [-0.1, -0.05) is 18.2 Å². The molecule has 90 valence electrons. The summed E-state index contributed by atoms with van der Waals surface area (Å²) in [6.07, 6.45) is 5.13. The maximum absolute atomic E-state index is 5.67. The lowest BCUT2D eigenvalue weighted by molar-refractivity contribution is 0.554. The lowest BCUT2D eigenvalue weighted by atomic mass is 9.98. The summed E-state index contributed by atoms with van der Waals surface area (Å²) in [5.41, 5.74) is 5.86. The van der Waals surface area contributed by atoms with Gasteiger partial charge < -0.3 is 4.42 Å². The van der Waals surface area contributed by atoms with Crippen LogP contribution >= 0.6 is 0 Å². The molecule has 0 aliphatic heterocycles. The van der Waals surface area contributed by atoms with E-state index in [1.807, 2.05) is 36.4 Å². The van der Waals surface area contributed by atoms with Crippen LogP contribution in [-0.4, -0.2) is 4.98 Å². The minimum Gasteiger partial charge on any atom is -0.472 e. The maximum atomic E-state index is 5.67. The van der Waals surface area contributed by atoms with E-state index < -0.39 is 0 Å². The average Bonchev–Trinajstić information content (AvgIpc) is 2.94. The van der Waals surface area contributed by atoms with Crippen molar-refractivity contribution in [2.45, 2.75) is 6.04 Å². The Balaban J connectivity index is 2.18. The van der Waals surface area contributed by atoms with Crippen LogP contribution in [0.15, 0.2) is 59.5 Å². The highest BCUT2D eigenvalue weighted by Crippen LogP contribution is 2.27. The Bertz CT molecular complexity index is 644. The summed E-state index contributed by atoms with van der Waals surface area (Å²) in [5.74, 6) is 5.67. The fraction of sp³-hybridized carbons (Fsp3) is 0.0714. The molecule has 0 spiro atoms. The first-order valence-corrected chi connectivity index (χ1v) is 5.72. The van der Waals surface area contributed by atoms with Gasteiger partial charge in [0.15, 0.2) is 0 Å². The number of furan rings is 1. The number of pyridine rings is 1. The van der Waals surface area contributed by atoms with Crippen molar-refractivity contribution in [3.05, 3.63) is 66.2 Å². The average molecular weight is 239 g/mol. The van der Waals surface area contributed by atoms with Crippen LogP contribution in [0.2, 0.25) is 0 Å². The van der Waals surface area contributed by atoms with Gasteiger partial charge in [0, 0.05) is 17.1 Å². The molecular weight excluding hydrogens is 226 g/mol. The van der Waals surface area contributed by atoms with Gasteiger partial charge in [0.25, 0.3) is 0 Å². The van der Waals surface area contributed by atoms with Crippen LogP contribution < -0.4 is 11.3 Å². The second-order valence-corrected chi connectivity index (χ2v) is 4.07. The fourth-order valence-corrected chi connectivity index (χ4v) is 2.17. The van der Waals surface area contributed by atoms with Crippen molar-refractivity contribution in [2.24, 2.45) is 5.84 Å². The normalized spacial score (nSPS) is 12.7. The molecule has 0 aliphatic carbocycles. The number of rotatable bonds is 3. The lowest BCUT2D eigenvalue weighted by Gasteiger charge is -2.16. The van der Waals surface area contributed by atoms with E-state index in [1.54, 1.807) is 18.7 Å². The van der Waals surface area contributed by atoms with Gasteiger partial charge in [0.05, 0.1) is 24.1 Å². The van der Waals surface area contributed by atoms with Gasteiger partial charge in [-0.25, -0.2) is 5.43 Å². The number of fused-ring (bicyclic) bond motifs is 1. The van der Waals surface area contributed by atoms with E-state index in [-0.39, 0.29) is 6.04 Å². The van der Waals surface area contributed by atoms with Gasteiger partial charge in [-0.05, 0) is 23.8 Å². The van der Waals surface area contributed by atoms with Crippen molar-refractivity contribution >= 4 is 10.9 Å². The number of aromatic nitrogens is 1. The molecule has 0 saturated heterocycles. The van der Waals surface area contributed by atoms with Crippen molar-refractivity contribution in [3.63, 3.8) is 0 Å². The third-order valence-electron chi connectivity index (χ3n) is 3.04. The number of nitrogens with two attached hydrogens (primary N) is 1. The molecule has 1 atom stereocenters. The number of nitrogens with one attached hydrogen (secondary N) is 1. The van der Waals surface area contributed by atoms with Crippen molar-refractivity contribution in [3.8, 4) is 0 Å². The number of hydrogen-bond acceptors (Lipinski definition) is 4. The summed E-state index contributed by atoms with van der Waals surface area (Å²) in [4.78, 5) is 4.35. The summed E-state index contributed by atoms with van der Waals surface area (Å²) in [6, 6.07) is 11.8. The maximum Gasteiger partial charge on any atom is 0.0954 e. The summed E-state index contributed by atoms with van der Waals surface area (Å²) in [6.45, 7) is 0. The number of para-hydroxylation sites is 1. The molecule has 0 saturated carbocycles. The molecule has 0 bridgehead atoms. The monoisotopic (exact) mass is 239 g/mol. The highest BCUT2D eigenvalue weighted by molar-refractivity contribution is 5.82. The van der Waals surface area contributed by atoms with Crippen LogP contribution in [0, 0.1) is 0 Å². The SMILES string of the molecule is NNC(c1ccoc1)c1ccnc2ccccc12. The molecule has 0 fully saturated rings. The van der Waals surface area contributed by atoms with Gasteiger partial charge in [-0.3, -0.25) is 10.8 Å². The zero-order valence-corrected chi connectivity index (χ0v) is 9.71. The van der Waals surface area contributed by atoms with Crippen LogP contribution in [0.1, 0.15) is 17.2 Å². The molecule has 2 heterocycles. The largest absolute Gasteiger partial charge is 0.472 e. The minimum atomic E-state index is -0.100. The molecular formula is C14H13N3O. The van der Waals surface area contributed by atoms with Gasteiger partial charge in [0.1, 0.15) is 0 Å². The van der Waals surface area contributed by atoms with Crippen molar-refractivity contribution in [1.29, 1.82) is 0 Å². The standard InChI is InChI=1S/C14H13N3O/c15-17-14(10-6-8-18-9-10)12-5-7-16-13-4-2-1-3-11(12)13/h1-9,14,17H,15H2. The topological polar surface area (TPSA) is 64.1 Å². The molecule has 3 rings (SSSR count). The molecule has 4 heteroatoms. The van der Waals surface area contributed by atoms with E-state index >= 15 is 0 Å². The first-order valence-electron chi connectivity index (χ1n) is 5.72. The van der Waals surface area contributed by atoms with Gasteiger partial charge in [0.2, 0.25) is 0 Å². The molecule has 1 unspecified atom stereocenters. The molecule has 18 heavy (non-hydrogen) atoms. The Labute approximate surface area is 104 Å². The van der Waals surface area contributed by atoms with E-state index in [0.717, 1.165) is 22.0 Å². The Hall–Kier alpha value is -2.17. The quantitative estimate of drug-likeness (QED) is 0.544. The molecule has 2 aromatic heterocycles. The summed E-state index contributed by atoms with van der Waals surface area (Å²) < 4.78 is 5.12. The number of nitrogens with zero attached hydrogens (tertiary/aromatic N) is 1. The van der Waals surface area contributed by atoms with Gasteiger partial charge >= 0.3 is 0 Å². The zero-order chi connectivity index (χ0) is 12.4. The lowest BCUT2D eigenvalue weighted by Crippen LogP contribution is -2.28. The third-order valence-corrected chi connectivity index (χ3v) is 3.04. The van der Waals surface area contributed by atoms with E-state index in [4.69, 9.17) is 10.3 Å². The predicted molar refractivity (Wildman–Crippen MR) is 69.6 cm³/mol. The van der Waals surface area contributed by atoms with E-state index in [9.17, 15) is 0 Å². The molecule has 3 N–H and O–H groups in total. The second-order valence-electron chi connectivity index (χ2n) is 4.07. The Morgan fingerprint density at radius 3 is 2.83 bits per heavy atom. The van der Waals surface area contributed by atoms with Crippen LogP contribution in [0.4, 0.5) is 0 Å². The summed E-state index contributed by atoms with van der Waals surface area (Å²) >= 11 is 0. The highest BCUT2D eigenvalue weighted by Gasteiger charge is 2.16. The first kappa shape index (κ1) is 11.0. The Morgan fingerprint density at radius 2 is 2.06 bits per heavy atom. The van der Waals surface area contributed by atoms with Crippen LogP contribution in [0.5, 0.6) is 0 Å².